The Labute approximate surface area is 104 Å². The molecule has 0 heterocycles. The second-order valence-corrected chi connectivity index (χ2v) is 3.59. The van der Waals surface area contributed by atoms with Gasteiger partial charge in [0.15, 0.2) is 18.0 Å². The molecule has 0 saturated carbocycles. The predicted octanol–water partition coefficient (Wildman–Crippen LogP) is 0.00190. The van der Waals surface area contributed by atoms with Gasteiger partial charge in [-0.3, -0.25) is 19.2 Å². The van der Waals surface area contributed by atoms with Gasteiger partial charge in [-0.1, -0.05) is 0 Å². The van der Waals surface area contributed by atoms with Crippen LogP contribution in [0, 0.1) is 0 Å². The van der Waals surface area contributed by atoms with Gasteiger partial charge in [-0.25, -0.2) is 0 Å². The molecule has 0 fully saturated rings. The summed E-state index contributed by atoms with van der Waals surface area (Å²) in [5.41, 5.74) is 0. The number of carbonyl (C=O) groups excluding carboxylic acids is 4. The second-order valence-electron chi connectivity index (χ2n) is 3.59. The molecule has 0 aliphatic heterocycles. The molecule has 102 valence electrons. The molecule has 0 radical (unpaired) electrons. The zero-order valence-corrected chi connectivity index (χ0v) is 10.7. The van der Waals surface area contributed by atoms with Gasteiger partial charge in [0.1, 0.15) is 6.61 Å². The first-order chi connectivity index (χ1) is 8.23. The number of Topliss-reactive ketones (excluding diaryl/α,β-unsaturated/α-hetero) is 1. The summed E-state index contributed by atoms with van der Waals surface area (Å²) in [4.78, 5) is 43.8. The van der Waals surface area contributed by atoms with Gasteiger partial charge in [0, 0.05) is 20.8 Å². The molecule has 0 rings (SSSR count). The van der Waals surface area contributed by atoms with Gasteiger partial charge < -0.3 is 14.2 Å². The van der Waals surface area contributed by atoms with Crippen molar-refractivity contribution in [3.63, 3.8) is 0 Å². The fourth-order valence-electron chi connectivity index (χ4n) is 1.20. The Kier molecular flexibility index (Phi) is 6.62. The normalized spacial score (nSPS) is 13.1. The molecular weight excluding hydrogens is 244 g/mol. The van der Waals surface area contributed by atoms with E-state index in [1.807, 2.05) is 0 Å². The topological polar surface area (TPSA) is 96.0 Å². The number of ketones is 1. The van der Waals surface area contributed by atoms with E-state index in [1.54, 1.807) is 0 Å². The monoisotopic (exact) mass is 260 g/mol. The van der Waals surface area contributed by atoms with Crippen LogP contribution in [0.4, 0.5) is 0 Å². The average molecular weight is 260 g/mol. The fourth-order valence-corrected chi connectivity index (χ4v) is 1.20. The van der Waals surface area contributed by atoms with Crippen molar-refractivity contribution in [2.24, 2.45) is 0 Å². The third kappa shape index (κ3) is 6.62. The first-order valence-corrected chi connectivity index (χ1v) is 5.22. The van der Waals surface area contributed by atoms with E-state index in [4.69, 9.17) is 9.47 Å². The van der Waals surface area contributed by atoms with E-state index in [9.17, 15) is 19.2 Å². The molecule has 2 atom stereocenters. The summed E-state index contributed by atoms with van der Waals surface area (Å²) in [7, 11) is 0. The Morgan fingerprint density at radius 1 is 0.833 bits per heavy atom. The van der Waals surface area contributed by atoms with Crippen LogP contribution in [0.15, 0.2) is 0 Å². The van der Waals surface area contributed by atoms with E-state index < -0.39 is 35.9 Å². The molecule has 0 N–H and O–H groups in total. The Hall–Kier alpha value is -1.92. The van der Waals surface area contributed by atoms with Crippen molar-refractivity contribution in [2.45, 2.75) is 39.9 Å². The number of carbonyl (C=O) groups is 4. The zero-order chi connectivity index (χ0) is 14.3. The maximum Gasteiger partial charge on any atom is 0.303 e. The van der Waals surface area contributed by atoms with Crippen LogP contribution in [0.1, 0.15) is 27.7 Å². The number of ether oxygens (including phenoxy) is 3. The fraction of sp³-hybridized carbons (Fsp3) is 0.636. The van der Waals surface area contributed by atoms with Crippen LogP contribution in [0.25, 0.3) is 0 Å². The molecule has 0 aromatic carbocycles. The maximum atomic E-state index is 11.3. The molecule has 0 unspecified atom stereocenters. The third-order valence-electron chi connectivity index (χ3n) is 1.80. The summed E-state index contributed by atoms with van der Waals surface area (Å²) in [6.07, 6.45) is -2.43. The molecule has 0 aromatic rings. The quantitative estimate of drug-likeness (QED) is 0.490. The van der Waals surface area contributed by atoms with Gasteiger partial charge >= 0.3 is 17.9 Å². The highest BCUT2D eigenvalue weighted by atomic mass is 16.6. The van der Waals surface area contributed by atoms with Gasteiger partial charge in [-0.05, 0) is 6.92 Å². The lowest BCUT2D eigenvalue weighted by Gasteiger charge is -2.23. The van der Waals surface area contributed by atoms with Crippen LogP contribution >= 0.6 is 0 Å². The number of esters is 3. The van der Waals surface area contributed by atoms with Gasteiger partial charge in [0.2, 0.25) is 0 Å². The number of rotatable bonds is 6. The summed E-state index contributed by atoms with van der Waals surface area (Å²) >= 11 is 0. The van der Waals surface area contributed by atoms with Gasteiger partial charge in [-0.15, -0.1) is 0 Å². The smallest absolute Gasteiger partial charge is 0.303 e. The lowest BCUT2D eigenvalue weighted by atomic mass is 10.1. The molecule has 0 saturated heterocycles. The summed E-state index contributed by atoms with van der Waals surface area (Å²) in [5.74, 6) is -2.48. The van der Waals surface area contributed by atoms with E-state index >= 15 is 0 Å². The summed E-state index contributed by atoms with van der Waals surface area (Å²) < 4.78 is 14.2. The lowest BCUT2D eigenvalue weighted by molar-refractivity contribution is -0.175. The Balaban J connectivity index is 4.84. The van der Waals surface area contributed by atoms with Crippen molar-refractivity contribution >= 4 is 23.7 Å². The highest BCUT2D eigenvalue weighted by Crippen LogP contribution is 2.08. The van der Waals surface area contributed by atoms with Gasteiger partial charge in [0.25, 0.3) is 0 Å². The van der Waals surface area contributed by atoms with Crippen molar-refractivity contribution < 1.29 is 33.4 Å². The minimum Gasteiger partial charge on any atom is -0.462 e. The van der Waals surface area contributed by atoms with Gasteiger partial charge in [0.05, 0.1) is 0 Å². The molecule has 0 amide bonds. The Morgan fingerprint density at radius 2 is 1.33 bits per heavy atom. The third-order valence-corrected chi connectivity index (χ3v) is 1.80. The van der Waals surface area contributed by atoms with E-state index in [-0.39, 0.29) is 6.61 Å². The first-order valence-electron chi connectivity index (χ1n) is 5.22. The van der Waals surface area contributed by atoms with Crippen LogP contribution in [0.5, 0.6) is 0 Å². The number of hydrogen-bond donors (Lipinski definition) is 0. The van der Waals surface area contributed by atoms with Crippen LogP contribution in [0.3, 0.4) is 0 Å². The first kappa shape index (κ1) is 16.1. The second kappa shape index (κ2) is 7.41. The summed E-state index contributed by atoms with van der Waals surface area (Å²) in [6, 6.07) is 0. The van der Waals surface area contributed by atoms with E-state index in [0.717, 1.165) is 13.8 Å². The van der Waals surface area contributed by atoms with E-state index in [2.05, 4.69) is 4.74 Å². The Bertz CT molecular complexity index is 347. The van der Waals surface area contributed by atoms with Crippen LogP contribution in [-0.4, -0.2) is 42.5 Å². The highest BCUT2D eigenvalue weighted by Gasteiger charge is 2.32. The van der Waals surface area contributed by atoms with Crippen molar-refractivity contribution in [3.05, 3.63) is 0 Å². The Morgan fingerprint density at radius 3 is 1.67 bits per heavy atom. The molecule has 0 spiro atoms. The molecule has 0 bridgehead atoms. The molecule has 7 heteroatoms. The molecule has 0 aliphatic carbocycles. The SMILES string of the molecule is CC(=O)OC[C@H](OC(C)=O)[C@H](OC(C)=O)C(C)=O. The van der Waals surface area contributed by atoms with Crippen LogP contribution in [0.2, 0.25) is 0 Å². The average Bonchev–Trinajstić information content (AvgIpc) is 2.19. The van der Waals surface area contributed by atoms with Crippen molar-refractivity contribution in [3.8, 4) is 0 Å². The highest BCUT2D eigenvalue weighted by molar-refractivity contribution is 5.84. The predicted molar refractivity (Wildman–Crippen MR) is 58.4 cm³/mol. The van der Waals surface area contributed by atoms with Crippen LogP contribution in [-0.2, 0) is 33.4 Å². The standard InChI is InChI=1S/C11H16O7/c1-6(12)11(18-9(4)15)10(17-8(3)14)5-16-7(2)13/h10-11H,5H2,1-4H3/t10-,11+/m0/s1. The molecule has 0 aromatic heterocycles. The summed E-state index contributed by atoms with van der Waals surface area (Å²) in [5, 5.41) is 0. The van der Waals surface area contributed by atoms with Crippen molar-refractivity contribution in [2.75, 3.05) is 6.61 Å². The van der Waals surface area contributed by atoms with Crippen molar-refractivity contribution in [1.82, 2.24) is 0 Å². The largest absolute Gasteiger partial charge is 0.462 e. The molecular formula is C11H16O7. The van der Waals surface area contributed by atoms with Gasteiger partial charge in [-0.2, -0.15) is 0 Å². The van der Waals surface area contributed by atoms with Crippen LogP contribution < -0.4 is 0 Å². The molecule has 18 heavy (non-hydrogen) atoms. The van der Waals surface area contributed by atoms with E-state index in [1.165, 1.54) is 13.8 Å². The minimum atomic E-state index is -1.29. The maximum absolute atomic E-state index is 11.3. The molecule has 7 nitrogen and oxygen atoms in total. The number of hydrogen-bond acceptors (Lipinski definition) is 7. The van der Waals surface area contributed by atoms with E-state index in [0.29, 0.717) is 0 Å². The van der Waals surface area contributed by atoms with Crippen molar-refractivity contribution in [1.29, 1.82) is 0 Å². The molecule has 0 aliphatic rings. The lowest BCUT2D eigenvalue weighted by Crippen LogP contribution is -2.42. The zero-order valence-electron chi connectivity index (χ0n) is 10.7. The summed E-state index contributed by atoms with van der Waals surface area (Å²) in [6.45, 7) is 4.24. The minimum absolute atomic E-state index is 0.355.